The standard InChI is InChI=1S/C13H16N4O2/c1-17(2)7-8-3-4-10-9(5-8)6-11(19-10)12(18)16-13(14)15/h3-6H,7H2,1-2H3,(H4,14,15,16,18). The van der Waals surface area contributed by atoms with E-state index in [1.165, 1.54) is 0 Å². The number of carbonyl (C=O) groups excluding carboxylic acids is 1. The third kappa shape index (κ3) is 3.11. The van der Waals surface area contributed by atoms with Crippen LogP contribution in [0.15, 0.2) is 33.7 Å². The predicted octanol–water partition coefficient (Wildman–Crippen LogP) is 0.908. The average Bonchev–Trinajstić information content (AvgIpc) is 2.70. The predicted molar refractivity (Wildman–Crippen MR) is 73.7 cm³/mol. The number of nitrogens with two attached hydrogens (primary N) is 2. The quantitative estimate of drug-likeness (QED) is 0.631. The highest BCUT2D eigenvalue weighted by Gasteiger charge is 2.12. The van der Waals surface area contributed by atoms with Crippen LogP contribution in [-0.4, -0.2) is 30.9 Å². The number of nitrogens with zero attached hydrogens (tertiary/aromatic N) is 2. The van der Waals surface area contributed by atoms with Crippen molar-refractivity contribution < 1.29 is 9.21 Å². The third-order valence-corrected chi connectivity index (χ3v) is 2.52. The summed E-state index contributed by atoms with van der Waals surface area (Å²) in [5.74, 6) is -0.727. The first kappa shape index (κ1) is 13.1. The SMILES string of the molecule is CN(C)Cc1ccc2oc(C(=O)N=C(N)N)cc2c1. The van der Waals surface area contributed by atoms with Crippen molar-refractivity contribution in [1.82, 2.24) is 4.90 Å². The molecule has 0 bridgehead atoms. The van der Waals surface area contributed by atoms with Crippen LogP contribution in [0, 0.1) is 0 Å². The number of amides is 1. The Morgan fingerprint density at radius 3 is 2.68 bits per heavy atom. The van der Waals surface area contributed by atoms with E-state index in [9.17, 15) is 4.79 Å². The Morgan fingerprint density at radius 2 is 2.05 bits per heavy atom. The van der Waals surface area contributed by atoms with E-state index in [-0.39, 0.29) is 11.7 Å². The molecule has 2 rings (SSSR count). The van der Waals surface area contributed by atoms with Crippen LogP contribution in [0.3, 0.4) is 0 Å². The molecule has 2 aromatic rings. The molecular weight excluding hydrogens is 244 g/mol. The lowest BCUT2D eigenvalue weighted by Gasteiger charge is -2.08. The van der Waals surface area contributed by atoms with Crippen molar-refractivity contribution in [3.8, 4) is 0 Å². The van der Waals surface area contributed by atoms with Gasteiger partial charge in [-0.05, 0) is 37.9 Å². The zero-order valence-corrected chi connectivity index (χ0v) is 10.9. The Hall–Kier alpha value is -2.34. The van der Waals surface area contributed by atoms with Gasteiger partial charge in [0.2, 0.25) is 0 Å². The van der Waals surface area contributed by atoms with Crippen molar-refractivity contribution in [3.05, 3.63) is 35.6 Å². The number of aliphatic imine (C=N–C) groups is 1. The first-order valence-corrected chi connectivity index (χ1v) is 5.77. The summed E-state index contributed by atoms with van der Waals surface area (Å²) in [7, 11) is 3.99. The number of benzene rings is 1. The van der Waals surface area contributed by atoms with Crippen LogP contribution in [0.1, 0.15) is 16.1 Å². The molecule has 0 aliphatic heterocycles. The number of rotatable bonds is 3. The fourth-order valence-corrected chi connectivity index (χ4v) is 1.83. The largest absolute Gasteiger partial charge is 0.451 e. The molecule has 0 fully saturated rings. The first-order chi connectivity index (χ1) is 8.95. The van der Waals surface area contributed by atoms with E-state index in [0.29, 0.717) is 5.58 Å². The second-order valence-electron chi connectivity index (χ2n) is 4.56. The van der Waals surface area contributed by atoms with Crippen LogP contribution in [0.2, 0.25) is 0 Å². The Labute approximate surface area is 110 Å². The molecule has 6 heteroatoms. The van der Waals surface area contributed by atoms with E-state index in [1.807, 2.05) is 32.3 Å². The highest BCUT2D eigenvalue weighted by molar-refractivity contribution is 6.02. The topological polar surface area (TPSA) is 97.8 Å². The molecule has 0 saturated heterocycles. The molecule has 19 heavy (non-hydrogen) atoms. The molecule has 6 nitrogen and oxygen atoms in total. The summed E-state index contributed by atoms with van der Waals surface area (Å²) in [5.41, 5.74) is 12.1. The minimum absolute atomic E-state index is 0.130. The van der Waals surface area contributed by atoms with Gasteiger partial charge in [-0.3, -0.25) is 4.79 Å². The highest BCUT2D eigenvalue weighted by atomic mass is 16.3. The van der Waals surface area contributed by atoms with Gasteiger partial charge in [0, 0.05) is 11.9 Å². The lowest BCUT2D eigenvalue weighted by molar-refractivity contribution is 0.0978. The molecule has 4 N–H and O–H groups in total. The summed E-state index contributed by atoms with van der Waals surface area (Å²) >= 11 is 0. The Balaban J connectivity index is 2.35. The lowest BCUT2D eigenvalue weighted by Crippen LogP contribution is -2.24. The molecule has 0 spiro atoms. The number of furan rings is 1. The van der Waals surface area contributed by atoms with Crippen LogP contribution < -0.4 is 11.5 Å². The van der Waals surface area contributed by atoms with Gasteiger partial charge >= 0.3 is 5.91 Å². The Morgan fingerprint density at radius 1 is 1.32 bits per heavy atom. The first-order valence-electron chi connectivity index (χ1n) is 5.77. The van der Waals surface area contributed by atoms with Gasteiger partial charge in [0.25, 0.3) is 0 Å². The molecular formula is C13H16N4O2. The second-order valence-corrected chi connectivity index (χ2v) is 4.56. The summed E-state index contributed by atoms with van der Waals surface area (Å²) in [6.45, 7) is 0.818. The van der Waals surface area contributed by atoms with Crippen LogP contribution in [0.25, 0.3) is 11.0 Å². The summed E-state index contributed by atoms with van der Waals surface area (Å²) in [6, 6.07) is 7.41. The smallest absolute Gasteiger partial charge is 0.315 e. The summed E-state index contributed by atoms with van der Waals surface area (Å²) < 4.78 is 5.41. The van der Waals surface area contributed by atoms with Gasteiger partial charge < -0.3 is 20.8 Å². The monoisotopic (exact) mass is 260 g/mol. The van der Waals surface area contributed by atoms with E-state index in [1.54, 1.807) is 6.07 Å². The molecule has 1 aromatic carbocycles. The van der Waals surface area contributed by atoms with Crippen molar-refractivity contribution in [2.45, 2.75) is 6.54 Å². The number of hydrogen-bond acceptors (Lipinski definition) is 3. The molecule has 1 aromatic heterocycles. The van der Waals surface area contributed by atoms with Gasteiger partial charge in [-0.25, -0.2) is 0 Å². The van der Waals surface area contributed by atoms with Crippen molar-refractivity contribution in [1.29, 1.82) is 0 Å². The van der Waals surface area contributed by atoms with Gasteiger partial charge in [0.15, 0.2) is 11.7 Å². The van der Waals surface area contributed by atoms with Gasteiger partial charge in [0.1, 0.15) is 5.58 Å². The zero-order chi connectivity index (χ0) is 14.0. The molecule has 0 radical (unpaired) electrons. The van der Waals surface area contributed by atoms with Crippen LogP contribution in [0.4, 0.5) is 0 Å². The molecule has 1 heterocycles. The van der Waals surface area contributed by atoms with Crippen molar-refractivity contribution in [2.75, 3.05) is 14.1 Å². The van der Waals surface area contributed by atoms with E-state index >= 15 is 0 Å². The molecule has 1 amide bonds. The average molecular weight is 260 g/mol. The fraction of sp³-hybridized carbons (Fsp3) is 0.231. The summed E-state index contributed by atoms with van der Waals surface area (Å²) in [6.07, 6.45) is 0. The van der Waals surface area contributed by atoms with Crippen LogP contribution in [0.5, 0.6) is 0 Å². The second kappa shape index (κ2) is 5.11. The summed E-state index contributed by atoms with van der Waals surface area (Å²) in [5, 5.41) is 0.855. The Kier molecular flexibility index (Phi) is 3.52. The molecule has 0 aliphatic carbocycles. The molecule has 0 aliphatic rings. The fourth-order valence-electron chi connectivity index (χ4n) is 1.83. The summed E-state index contributed by atoms with van der Waals surface area (Å²) in [4.78, 5) is 17.1. The number of carbonyl (C=O) groups is 1. The van der Waals surface area contributed by atoms with Crippen LogP contribution in [-0.2, 0) is 6.54 Å². The zero-order valence-electron chi connectivity index (χ0n) is 10.9. The molecule has 0 unspecified atom stereocenters. The van der Waals surface area contributed by atoms with E-state index in [0.717, 1.165) is 17.5 Å². The van der Waals surface area contributed by atoms with Crippen molar-refractivity contribution >= 4 is 22.8 Å². The third-order valence-electron chi connectivity index (χ3n) is 2.52. The minimum Gasteiger partial charge on any atom is -0.451 e. The van der Waals surface area contributed by atoms with Crippen molar-refractivity contribution in [3.63, 3.8) is 0 Å². The number of guanidine groups is 1. The number of fused-ring (bicyclic) bond motifs is 1. The normalized spacial score (nSPS) is 10.9. The Bertz CT molecular complexity index is 639. The maximum atomic E-state index is 11.6. The van der Waals surface area contributed by atoms with Gasteiger partial charge in [0.05, 0.1) is 0 Å². The molecule has 0 saturated carbocycles. The van der Waals surface area contributed by atoms with Gasteiger partial charge in [-0.1, -0.05) is 6.07 Å². The van der Waals surface area contributed by atoms with E-state index < -0.39 is 5.91 Å². The van der Waals surface area contributed by atoms with E-state index in [2.05, 4.69) is 9.89 Å². The van der Waals surface area contributed by atoms with Crippen molar-refractivity contribution in [2.24, 2.45) is 16.5 Å². The molecule has 100 valence electrons. The highest BCUT2D eigenvalue weighted by Crippen LogP contribution is 2.21. The minimum atomic E-state index is -0.578. The maximum absolute atomic E-state index is 11.6. The molecule has 0 atom stereocenters. The number of hydrogen-bond donors (Lipinski definition) is 2. The van der Waals surface area contributed by atoms with Crippen LogP contribution >= 0.6 is 0 Å². The van der Waals surface area contributed by atoms with Gasteiger partial charge in [-0.2, -0.15) is 4.99 Å². The lowest BCUT2D eigenvalue weighted by atomic mass is 10.1. The van der Waals surface area contributed by atoms with Gasteiger partial charge in [-0.15, -0.1) is 0 Å². The maximum Gasteiger partial charge on any atom is 0.315 e. The van der Waals surface area contributed by atoms with E-state index in [4.69, 9.17) is 15.9 Å².